The number of quaternary nitrogens is 1. The highest BCUT2D eigenvalue weighted by atomic mass is 31.2. The third kappa shape index (κ3) is 44.3. The lowest BCUT2D eigenvalue weighted by molar-refractivity contribution is -0.870. The summed E-state index contributed by atoms with van der Waals surface area (Å²) in [6.45, 7) is 4.26. The molecule has 0 amide bonds. The number of rotatable bonds is 45. The van der Waals surface area contributed by atoms with E-state index < -0.39 is 26.5 Å². The molecule has 58 heavy (non-hydrogen) atoms. The molecule has 0 aromatic heterocycles. The Morgan fingerprint density at radius 1 is 0.517 bits per heavy atom. The second-order valence-corrected chi connectivity index (χ2v) is 19.2. The summed E-state index contributed by atoms with van der Waals surface area (Å²) in [7, 11) is 1.18. The minimum atomic E-state index is -4.62. The molecular formula is C48H94NO8P. The fraction of sp³-hybridized carbons (Fsp3) is 0.917. The summed E-state index contributed by atoms with van der Waals surface area (Å²) >= 11 is 0. The zero-order chi connectivity index (χ0) is 42.8. The topological polar surface area (TPSA) is 111 Å². The van der Waals surface area contributed by atoms with Crippen LogP contribution in [0.2, 0.25) is 0 Å². The lowest BCUT2D eigenvalue weighted by atomic mass is 10.0. The molecule has 10 heteroatoms. The van der Waals surface area contributed by atoms with Crippen molar-refractivity contribution >= 4 is 19.8 Å². The van der Waals surface area contributed by atoms with Gasteiger partial charge < -0.3 is 27.9 Å². The Bertz CT molecular complexity index is 1000. The molecule has 0 saturated carbocycles. The zero-order valence-corrected chi connectivity index (χ0v) is 39.7. The minimum absolute atomic E-state index is 0.0278. The van der Waals surface area contributed by atoms with Crippen molar-refractivity contribution in [1.29, 1.82) is 0 Å². The molecule has 0 saturated heterocycles. The average Bonchev–Trinajstić information content (AvgIpc) is 3.17. The molecular weight excluding hydrogens is 750 g/mol. The standard InChI is InChI=1S/C48H94NO8P/c1-6-8-10-12-14-16-18-20-22-24-26-28-30-32-34-36-38-40-47(50)54-44-46(45-56-58(52,53)55-43-42-49(3,4)5)57-48(51)41-39-37-35-33-31-29-27-25-23-21-19-17-15-13-11-9-7-2/h17,19,46H,6-16,18,20-45H2,1-5H3/b19-17+/t46-/m1/s1. The minimum Gasteiger partial charge on any atom is -0.756 e. The number of nitrogens with zero attached hydrogens (tertiary/aromatic N) is 1. The summed E-state index contributed by atoms with van der Waals surface area (Å²) in [6.07, 6.45) is 43.7. The molecule has 0 heterocycles. The fourth-order valence-electron chi connectivity index (χ4n) is 6.95. The second kappa shape index (κ2) is 41.1. The van der Waals surface area contributed by atoms with E-state index >= 15 is 0 Å². The maximum atomic E-state index is 12.7. The largest absolute Gasteiger partial charge is 0.756 e. The summed E-state index contributed by atoms with van der Waals surface area (Å²) < 4.78 is 34.0. The molecule has 0 spiro atoms. The number of allylic oxidation sites excluding steroid dienone is 2. The molecule has 1 unspecified atom stereocenters. The van der Waals surface area contributed by atoms with Crippen molar-refractivity contribution in [3.8, 4) is 0 Å². The highest BCUT2D eigenvalue weighted by Gasteiger charge is 2.21. The lowest BCUT2D eigenvalue weighted by Gasteiger charge is -2.28. The predicted octanol–water partition coefficient (Wildman–Crippen LogP) is 13.5. The Morgan fingerprint density at radius 2 is 0.879 bits per heavy atom. The predicted molar refractivity (Wildman–Crippen MR) is 241 cm³/mol. The van der Waals surface area contributed by atoms with E-state index in [0.717, 1.165) is 38.5 Å². The third-order valence-electron chi connectivity index (χ3n) is 10.8. The van der Waals surface area contributed by atoms with Gasteiger partial charge in [0.1, 0.15) is 19.8 Å². The van der Waals surface area contributed by atoms with Gasteiger partial charge in [0.15, 0.2) is 6.10 Å². The number of unbranched alkanes of at least 4 members (excludes halogenated alkanes) is 29. The van der Waals surface area contributed by atoms with E-state index in [0.29, 0.717) is 17.4 Å². The van der Waals surface area contributed by atoms with Gasteiger partial charge in [-0.2, -0.15) is 0 Å². The smallest absolute Gasteiger partial charge is 0.306 e. The molecule has 9 nitrogen and oxygen atoms in total. The van der Waals surface area contributed by atoms with Gasteiger partial charge in [0, 0.05) is 12.8 Å². The van der Waals surface area contributed by atoms with Gasteiger partial charge >= 0.3 is 11.9 Å². The van der Waals surface area contributed by atoms with E-state index in [2.05, 4.69) is 26.0 Å². The van der Waals surface area contributed by atoms with Crippen molar-refractivity contribution in [2.45, 2.75) is 238 Å². The van der Waals surface area contributed by atoms with Gasteiger partial charge in [0.05, 0.1) is 27.7 Å². The summed E-state index contributed by atoms with van der Waals surface area (Å²) in [5.41, 5.74) is 0. The van der Waals surface area contributed by atoms with Crippen molar-refractivity contribution in [3.63, 3.8) is 0 Å². The van der Waals surface area contributed by atoms with Gasteiger partial charge in [-0.25, -0.2) is 0 Å². The van der Waals surface area contributed by atoms with Crippen LogP contribution in [0.25, 0.3) is 0 Å². The van der Waals surface area contributed by atoms with Gasteiger partial charge in [-0.05, 0) is 38.5 Å². The third-order valence-corrected chi connectivity index (χ3v) is 11.7. The Hall–Kier alpha value is -1.25. The van der Waals surface area contributed by atoms with Crippen molar-refractivity contribution in [2.24, 2.45) is 0 Å². The average molecular weight is 844 g/mol. The Balaban J connectivity index is 4.26. The summed E-state index contributed by atoms with van der Waals surface area (Å²) in [5, 5.41) is 0. The molecule has 0 aromatic carbocycles. The highest BCUT2D eigenvalue weighted by molar-refractivity contribution is 7.45. The number of hydrogen-bond acceptors (Lipinski definition) is 8. The molecule has 344 valence electrons. The van der Waals surface area contributed by atoms with Crippen LogP contribution in [-0.2, 0) is 32.7 Å². The normalized spacial score (nSPS) is 13.6. The summed E-state index contributed by atoms with van der Waals surface area (Å²) in [5.74, 6) is -0.823. The highest BCUT2D eigenvalue weighted by Crippen LogP contribution is 2.38. The first-order valence-electron chi connectivity index (χ1n) is 24.4. The van der Waals surface area contributed by atoms with Gasteiger partial charge in [0.25, 0.3) is 7.82 Å². The molecule has 0 radical (unpaired) electrons. The number of phosphoric ester groups is 1. The maximum Gasteiger partial charge on any atom is 0.306 e. The van der Waals surface area contributed by atoms with Crippen LogP contribution >= 0.6 is 7.82 Å². The fourth-order valence-corrected chi connectivity index (χ4v) is 7.67. The SMILES string of the molecule is CCCCCC/C=C/CCCCCCCCCCCC(=O)O[C@H](COC(=O)CCCCCCCCCCCCCCCCCCC)COP(=O)([O-])OCC[N+](C)(C)C. The van der Waals surface area contributed by atoms with E-state index in [4.69, 9.17) is 18.5 Å². The van der Waals surface area contributed by atoms with Crippen molar-refractivity contribution < 1.29 is 42.1 Å². The lowest BCUT2D eigenvalue weighted by Crippen LogP contribution is -2.37. The Morgan fingerprint density at radius 3 is 1.29 bits per heavy atom. The van der Waals surface area contributed by atoms with Crippen LogP contribution in [0.3, 0.4) is 0 Å². The van der Waals surface area contributed by atoms with Crippen molar-refractivity contribution in [2.75, 3.05) is 47.5 Å². The van der Waals surface area contributed by atoms with Crippen LogP contribution in [0, 0.1) is 0 Å². The first-order valence-corrected chi connectivity index (χ1v) is 25.9. The van der Waals surface area contributed by atoms with Gasteiger partial charge in [-0.3, -0.25) is 14.2 Å². The van der Waals surface area contributed by atoms with Crippen LogP contribution in [0.1, 0.15) is 232 Å². The maximum absolute atomic E-state index is 12.7. The van der Waals surface area contributed by atoms with Crippen LogP contribution in [0.15, 0.2) is 12.2 Å². The van der Waals surface area contributed by atoms with E-state index in [9.17, 15) is 19.0 Å². The number of likely N-dealkylation sites (N-methyl/N-ethyl adjacent to an activating group) is 1. The molecule has 0 N–H and O–H groups in total. The number of esters is 2. The number of hydrogen-bond donors (Lipinski definition) is 0. The van der Waals surface area contributed by atoms with Crippen LogP contribution in [-0.4, -0.2) is 70.0 Å². The molecule has 0 bridgehead atoms. The van der Waals surface area contributed by atoms with E-state index in [1.165, 1.54) is 161 Å². The van der Waals surface area contributed by atoms with E-state index in [-0.39, 0.29) is 32.0 Å². The van der Waals surface area contributed by atoms with Crippen molar-refractivity contribution in [3.05, 3.63) is 12.2 Å². The number of phosphoric acid groups is 1. The van der Waals surface area contributed by atoms with E-state index in [1.54, 1.807) is 0 Å². The monoisotopic (exact) mass is 844 g/mol. The summed E-state index contributed by atoms with van der Waals surface area (Å²) in [4.78, 5) is 37.6. The van der Waals surface area contributed by atoms with Crippen LogP contribution < -0.4 is 4.89 Å². The molecule has 0 fully saturated rings. The zero-order valence-electron chi connectivity index (χ0n) is 38.8. The number of carbonyl (C=O) groups excluding carboxylic acids is 2. The second-order valence-electron chi connectivity index (χ2n) is 17.8. The molecule has 2 atom stereocenters. The molecule has 0 rings (SSSR count). The molecule has 0 aliphatic rings. The van der Waals surface area contributed by atoms with Crippen LogP contribution in [0.5, 0.6) is 0 Å². The first-order chi connectivity index (χ1) is 28.0. The number of carbonyl (C=O) groups is 2. The quantitative estimate of drug-likeness (QED) is 0.0196. The Kier molecular flexibility index (Phi) is 40.2. The Labute approximate surface area is 358 Å². The van der Waals surface area contributed by atoms with Crippen LogP contribution in [0.4, 0.5) is 0 Å². The van der Waals surface area contributed by atoms with E-state index in [1.807, 2.05) is 21.1 Å². The molecule has 0 aliphatic heterocycles. The summed E-state index contributed by atoms with van der Waals surface area (Å²) in [6, 6.07) is 0. The van der Waals surface area contributed by atoms with Crippen molar-refractivity contribution in [1.82, 2.24) is 0 Å². The van der Waals surface area contributed by atoms with Gasteiger partial charge in [0.2, 0.25) is 0 Å². The molecule has 0 aromatic rings. The number of ether oxygens (including phenoxy) is 2. The van der Waals surface area contributed by atoms with Gasteiger partial charge in [-0.1, -0.05) is 193 Å². The molecule has 0 aliphatic carbocycles. The van der Waals surface area contributed by atoms with Gasteiger partial charge in [-0.15, -0.1) is 0 Å². The first kappa shape index (κ1) is 56.8.